The highest BCUT2D eigenvalue weighted by Crippen LogP contribution is 2.65. The molecule has 0 aromatic heterocycles. The molecule has 18 heteroatoms. The van der Waals surface area contributed by atoms with Crippen LogP contribution in [0.25, 0.3) is 0 Å². The third-order valence-corrected chi connectivity index (χ3v) is 12.2. The quantitative estimate of drug-likeness (QED) is 0.110. The van der Waals surface area contributed by atoms with Gasteiger partial charge in [0.05, 0.1) is 17.9 Å². The Labute approximate surface area is 354 Å². The van der Waals surface area contributed by atoms with Crippen LogP contribution >= 0.6 is 0 Å². The molecular formula is C45H36O18. The normalized spacial score (nSPS) is 25.2. The van der Waals surface area contributed by atoms with Gasteiger partial charge in [-0.15, -0.1) is 0 Å². The number of phenols is 11. The number of fused-ring (bicyclic) bond motifs is 9. The molecule has 4 heterocycles. The lowest BCUT2D eigenvalue weighted by molar-refractivity contribution is -0.219. The second-order valence-electron chi connectivity index (χ2n) is 15.9. The number of phenolic OH excluding ortho intramolecular Hbond substituents is 11. The van der Waals surface area contributed by atoms with Crippen molar-refractivity contribution in [1.29, 1.82) is 0 Å². The molecule has 14 N–H and O–H groups in total. The standard InChI is InChI=1S/C45H36O18/c46-18-10-27(54)33-31(11-18)62-45(17-3-6-22(49)26(53)9-17)44(59)38(33)36-32(63-45)14-29(56)35-37(39(58)41(61-43(35)36)16-2-5-21(48)25(52)8-16)34-28(55)13-23(50)19-12-30(57)40(60-42(19)34)15-1-4-20(47)24(51)7-15/h1-11,13-14,30,37-41,44,46-59H,12H2/t30?,37?,38-,39?,40?,41?,44+,45-/m0/s1. The SMILES string of the molecule is Oc1cc(O)c2c(c1)O[C@@]1(c3ccc(O)c(O)c3)Oc3cc(O)c4c(c3[C@H]2[C@H]1O)OC(c1ccc(O)c(O)c1)C(O)C4c1c(O)cc(O)c2c1OC(c1ccc(O)c(O)c1)C(O)C2. The molecule has 0 fully saturated rings. The summed E-state index contributed by atoms with van der Waals surface area (Å²) >= 11 is 0. The minimum absolute atomic E-state index is 0.0325. The maximum atomic E-state index is 12.5. The van der Waals surface area contributed by atoms with Gasteiger partial charge in [0.15, 0.2) is 40.6 Å². The van der Waals surface area contributed by atoms with Crippen molar-refractivity contribution in [3.05, 3.63) is 123 Å². The first-order chi connectivity index (χ1) is 30.0. The zero-order valence-electron chi connectivity index (χ0n) is 32.1. The number of hydrogen-bond acceptors (Lipinski definition) is 18. The van der Waals surface area contributed by atoms with E-state index in [0.717, 1.165) is 60.7 Å². The van der Waals surface area contributed by atoms with Gasteiger partial charge in [-0.3, -0.25) is 0 Å². The highest BCUT2D eigenvalue weighted by atomic mass is 16.7. The van der Waals surface area contributed by atoms with Gasteiger partial charge in [0.1, 0.15) is 70.1 Å². The van der Waals surface area contributed by atoms with E-state index in [0.29, 0.717) is 0 Å². The van der Waals surface area contributed by atoms with E-state index >= 15 is 0 Å². The molecule has 6 aromatic carbocycles. The molecule has 0 radical (unpaired) electrons. The fraction of sp³-hybridized carbons (Fsp3) is 0.200. The van der Waals surface area contributed by atoms with Crippen LogP contribution in [0.1, 0.15) is 68.6 Å². The molecule has 0 aliphatic carbocycles. The molecule has 6 aromatic rings. The fourth-order valence-electron chi connectivity index (χ4n) is 9.32. The highest BCUT2D eigenvalue weighted by Gasteiger charge is 2.61. The summed E-state index contributed by atoms with van der Waals surface area (Å²) in [7, 11) is 0. The molecule has 0 amide bonds. The van der Waals surface area contributed by atoms with Crippen molar-refractivity contribution in [2.45, 2.75) is 54.6 Å². The molecular weight excluding hydrogens is 828 g/mol. The van der Waals surface area contributed by atoms with E-state index in [1.807, 2.05) is 0 Å². The molecule has 2 bridgehead atoms. The minimum Gasteiger partial charge on any atom is -0.508 e. The van der Waals surface area contributed by atoms with Gasteiger partial charge in [-0.05, 0) is 53.6 Å². The van der Waals surface area contributed by atoms with E-state index in [9.17, 15) is 71.5 Å². The summed E-state index contributed by atoms with van der Waals surface area (Å²) in [5.41, 5.74) is -0.583. The molecule has 10 rings (SSSR count). The van der Waals surface area contributed by atoms with Gasteiger partial charge in [-0.25, -0.2) is 0 Å². The van der Waals surface area contributed by atoms with Crippen molar-refractivity contribution in [2.75, 3.05) is 0 Å². The predicted molar refractivity (Wildman–Crippen MR) is 212 cm³/mol. The van der Waals surface area contributed by atoms with Gasteiger partial charge in [0, 0.05) is 64.1 Å². The summed E-state index contributed by atoms with van der Waals surface area (Å²) in [6.07, 6.45) is -8.29. The lowest BCUT2D eigenvalue weighted by Crippen LogP contribution is -2.57. The smallest absolute Gasteiger partial charge is 0.305 e. The van der Waals surface area contributed by atoms with Gasteiger partial charge in [0.25, 0.3) is 0 Å². The summed E-state index contributed by atoms with van der Waals surface area (Å²) in [4.78, 5) is 0. The molecule has 0 saturated carbocycles. The maximum absolute atomic E-state index is 12.5. The minimum atomic E-state index is -2.31. The zero-order valence-corrected chi connectivity index (χ0v) is 32.1. The summed E-state index contributed by atoms with van der Waals surface area (Å²) in [6.45, 7) is 0. The first-order valence-electron chi connectivity index (χ1n) is 19.3. The first-order valence-corrected chi connectivity index (χ1v) is 19.3. The Morgan fingerprint density at radius 2 is 0.984 bits per heavy atom. The largest absolute Gasteiger partial charge is 0.508 e. The topological polar surface area (TPSA) is 320 Å². The van der Waals surface area contributed by atoms with Gasteiger partial charge < -0.3 is 90.4 Å². The molecule has 4 aliphatic rings. The van der Waals surface area contributed by atoms with Gasteiger partial charge >= 0.3 is 5.79 Å². The fourth-order valence-corrected chi connectivity index (χ4v) is 9.32. The number of aromatic hydroxyl groups is 11. The van der Waals surface area contributed by atoms with E-state index in [2.05, 4.69) is 0 Å². The van der Waals surface area contributed by atoms with Crippen molar-refractivity contribution in [1.82, 2.24) is 0 Å². The van der Waals surface area contributed by atoms with Gasteiger partial charge in [0.2, 0.25) is 0 Å². The Balaban J connectivity index is 1.25. The first kappa shape index (κ1) is 39.3. The van der Waals surface area contributed by atoms with Crippen molar-refractivity contribution < 1.29 is 90.4 Å². The van der Waals surface area contributed by atoms with Crippen LogP contribution in [0.15, 0.2) is 78.9 Å². The number of hydrogen-bond donors (Lipinski definition) is 14. The van der Waals surface area contributed by atoms with E-state index in [-0.39, 0.29) is 73.9 Å². The Hall–Kier alpha value is -7.80. The second kappa shape index (κ2) is 13.6. The van der Waals surface area contributed by atoms with Crippen LogP contribution in [0.4, 0.5) is 0 Å². The Morgan fingerprint density at radius 1 is 0.444 bits per heavy atom. The third-order valence-electron chi connectivity index (χ3n) is 12.2. The summed E-state index contributed by atoms with van der Waals surface area (Å²) in [5.74, 6) is -12.6. The molecule has 5 unspecified atom stereocenters. The van der Waals surface area contributed by atoms with E-state index < -0.39 is 111 Å². The van der Waals surface area contributed by atoms with Crippen LogP contribution in [0, 0.1) is 0 Å². The molecule has 324 valence electrons. The average Bonchev–Trinajstić information content (AvgIpc) is 3.22. The Morgan fingerprint density at radius 3 is 1.62 bits per heavy atom. The number of ether oxygens (including phenoxy) is 4. The molecule has 4 aliphatic heterocycles. The maximum Gasteiger partial charge on any atom is 0.305 e. The summed E-state index contributed by atoms with van der Waals surface area (Å²) in [6, 6.07) is 14.8. The highest BCUT2D eigenvalue weighted by molar-refractivity contribution is 5.72. The molecule has 63 heavy (non-hydrogen) atoms. The van der Waals surface area contributed by atoms with Crippen LogP contribution in [-0.4, -0.2) is 89.8 Å². The molecule has 8 atom stereocenters. The number of rotatable bonds is 4. The van der Waals surface area contributed by atoms with Crippen LogP contribution < -0.4 is 18.9 Å². The van der Waals surface area contributed by atoms with E-state index in [1.54, 1.807) is 0 Å². The number of aliphatic hydroxyl groups excluding tert-OH is 3. The average molecular weight is 865 g/mol. The summed E-state index contributed by atoms with van der Waals surface area (Å²) < 4.78 is 25.6. The Kier molecular flexibility index (Phi) is 8.49. The predicted octanol–water partition coefficient (Wildman–Crippen LogP) is 4.24. The van der Waals surface area contributed by atoms with E-state index in [4.69, 9.17) is 18.9 Å². The van der Waals surface area contributed by atoms with Crippen LogP contribution in [-0.2, 0) is 12.2 Å². The molecule has 18 nitrogen and oxygen atoms in total. The lowest BCUT2D eigenvalue weighted by atomic mass is 9.71. The third kappa shape index (κ3) is 5.68. The van der Waals surface area contributed by atoms with Crippen molar-refractivity contribution in [3.63, 3.8) is 0 Å². The van der Waals surface area contributed by atoms with E-state index in [1.165, 1.54) is 18.2 Å². The summed E-state index contributed by atoms with van der Waals surface area (Å²) in [5, 5.41) is 155. The van der Waals surface area contributed by atoms with Crippen LogP contribution in [0.3, 0.4) is 0 Å². The van der Waals surface area contributed by atoms with Crippen molar-refractivity contribution in [3.8, 4) is 86.2 Å². The van der Waals surface area contributed by atoms with Crippen molar-refractivity contribution >= 4 is 0 Å². The number of benzene rings is 6. The second-order valence-corrected chi connectivity index (χ2v) is 15.9. The Bertz CT molecular complexity index is 2910. The van der Waals surface area contributed by atoms with Gasteiger partial charge in [-0.1, -0.05) is 12.1 Å². The van der Waals surface area contributed by atoms with Crippen LogP contribution in [0.5, 0.6) is 86.2 Å². The molecule has 0 saturated heterocycles. The van der Waals surface area contributed by atoms with Crippen LogP contribution in [0.2, 0.25) is 0 Å². The number of aliphatic hydroxyl groups is 3. The van der Waals surface area contributed by atoms with Gasteiger partial charge in [-0.2, -0.15) is 0 Å². The lowest BCUT2D eigenvalue weighted by Gasteiger charge is -2.51. The van der Waals surface area contributed by atoms with Crippen molar-refractivity contribution in [2.24, 2.45) is 0 Å². The molecule has 0 spiro atoms. The monoisotopic (exact) mass is 864 g/mol. The zero-order chi connectivity index (χ0) is 44.5.